The fourth-order valence-electron chi connectivity index (χ4n) is 5.90. The molecule has 2 heterocycles. The van der Waals surface area contributed by atoms with Crippen molar-refractivity contribution in [3.05, 3.63) is 23.2 Å². The molecule has 3 fully saturated rings. The monoisotopic (exact) mass is 617 g/mol. The number of methoxy groups -OCH3 is 1. The van der Waals surface area contributed by atoms with E-state index in [1.807, 2.05) is 6.07 Å². The summed E-state index contributed by atoms with van der Waals surface area (Å²) in [4.78, 5) is 37.9. The summed E-state index contributed by atoms with van der Waals surface area (Å²) in [5, 5.41) is 13.0. The molecule has 1 aliphatic heterocycles. The van der Waals surface area contributed by atoms with Crippen LogP contribution in [0, 0.1) is 11.8 Å². The highest BCUT2D eigenvalue weighted by Gasteiger charge is 2.48. The van der Waals surface area contributed by atoms with E-state index in [1.165, 1.54) is 25.7 Å². The molecule has 1 aromatic carbocycles. The van der Waals surface area contributed by atoms with E-state index in [0.717, 1.165) is 32.1 Å². The average Bonchev–Trinajstić information content (AvgIpc) is 3.70. The van der Waals surface area contributed by atoms with Gasteiger partial charge in [-0.3, -0.25) is 15.6 Å². The number of halogens is 1. The van der Waals surface area contributed by atoms with Gasteiger partial charge in [0, 0.05) is 23.9 Å². The number of hydrazine groups is 1. The molecule has 12 nitrogen and oxygen atoms in total. The first-order valence-corrected chi connectivity index (χ1v) is 15.8. The standard InChI is InChI=1S/C28H40ClN9O3S/c1-41-22-12-11-18(14-20(22)29)31-26-34-25(30-17-8-4-2-3-5-9-17)35-27(36-26)38-37-23(39)10-6-7-16-13-19(16)24-21(15-42)32-28(40)33-24/h11-12,14,16-17,19,21,24,42H,2-10,13,15H2,1H3,(H,37,39)(H2,32,33,40)(H3,30,31,34,35,36,38). The van der Waals surface area contributed by atoms with Crippen LogP contribution in [0.2, 0.25) is 5.02 Å². The zero-order valence-corrected chi connectivity index (χ0v) is 25.4. The van der Waals surface area contributed by atoms with Crippen molar-refractivity contribution in [1.29, 1.82) is 0 Å². The van der Waals surface area contributed by atoms with Gasteiger partial charge in [-0.15, -0.1) is 0 Å². The predicted molar refractivity (Wildman–Crippen MR) is 167 cm³/mol. The molecule has 3 amide bonds. The smallest absolute Gasteiger partial charge is 0.315 e. The van der Waals surface area contributed by atoms with Crippen LogP contribution in [0.15, 0.2) is 18.2 Å². The molecule has 1 saturated heterocycles. The quantitative estimate of drug-likeness (QED) is 0.0967. The maximum Gasteiger partial charge on any atom is 0.315 e. The fourth-order valence-corrected chi connectivity index (χ4v) is 6.48. The second-order valence-electron chi connectivity index (χ2n) is 11.3. The Hall–Kier alpha value is -3.19. The Bertz CT molecular complexity index is 1250. The molecule has 0 bridgehead atoms. The van der Waals surface area contributed by atoms with Crippen molar-refractivity contribution in [2.45, 2.75) is 82.3 Å². The summed E-state index contributed by atoms with van der Waals surface area (Å²) in [6.07, 6.45) is 10.1. The summed E-state index contributed by atoms with van der Waals surface area (Å²) < 4.78 is 5.24. The molecule has 0 spiro atoms. The number of amides is 3. The highest BCUT2D eigenvalue weighted by atomic mass is 35.5. The summed E-state index contributed by atoms with van der Waals surface area (Å²) in [5.41, 5.74) is 6.28. The first kappa shape index (κ1) is 30.3. The van der Waals surface area contributed by atoms with Crippen LogP contribution in [0.25, 0.3) is 0 Å². The topological polar surface area (TPSA) is 154 Å². The molecule has 3 aliphatic rings. The molecule has 4 unspecified atom stereocenters. The van der Waals surface area contributed by atoms with Gasteiger partial charge in [0.1, 0.15) is 5.75 Å². The van der Waals surface area contributed by atoms with E-state index in [-0.39, 0.29) is 36.0 Å². The number of ether oxygens (including phenoxy) is 1. The van der Waals surface area contributed by atoms with Crippen LogP contribution >= 0.6 is 24.2 Å². The van der Waals surface area contributed by atoms with Gasteiger partial charge in [0.25, 0.3) is 0 Å². The number of urea groups is 1. The van der Waals surface area contributed by atoms with E-state index in [1.54, 1.807) is 19.2 Å². The molecule has 2 aromatic rings. The zero-order chi connectivity index (χ0) is 29.5. The third-order valence-electron chi connectivity index (χ3n) is 8.21. The fraction of sp³-hybridized carbons (Fsp3) is 0.607. The lowest BCUT2D eigenvalue weighted by Crippen LogP contribution is -2.37. The molecule has 5 rings (SSSR count). The van der Waals surface area contributed by atoms with Gasteiger partial charge < -0.3 is 26.0 Å². The average molecular weight is 618 g/mol. The minimum Gasteiger partial charge on any atom is -0.495 e. The van der Waals surface area contributed by atoms with Gasteiger partial charge in [-0.1, -0.05) is 37.3 Å². The number of carbonyl (C=O) groups excluding carboxylic acids is 2. The Balaban J connectivity index is 1.15. The number of nitrogens with one attached hydrogen (secondary N) is 6. The molecule has 14 heteroatoms. The number of aromatic nitrogens is 3. The number of rotatable bonds is 13. The minimum atomic E-state index is -0.147. The van der Waals surface area contributed by atoms with E-state index in [2.05, 4.69) is 59.7 Å². The zero-order valence-electron chi connectivity index (χ0n) is 23.8. The van der Waals surface area contributed by atoms with Crippen LogP contribution in [-0.4, -0.2) is 57.9 Å². The number of anilines is 4. The molecule has 2 aliphatic carbocycles. The van der Waals surface area contributed by atoms with Crippen molar-refractivity contribution in [2.24, 2.45) is 11.8 Å². The maximum absolute atomic E-state index is 12.6. The highest BCUT2D eigenvalue weighted by molar-refractivity contribution is 7.80. The van der Waals surface area contributed by atoms with E-state index < -0.39 is 0 Å². The summed E-state index contributed by atoms with van der Waals surface area (Å²) >= 11 is 10.7. The largest absolute Gasteiger partial charge is 0.495 e. The van der Waals surface area contributed by atoms with Crippen molar-refractivity contribution in [3.63, 3.8) is 0 Å². The van der Waals surface area contributed by atoms with Crippen LogP contribution in [0.3, 0.4) is 0 Å². The molecule has 228 valence electrons. The lowest BCUT2D eigenvalue weighted by molar-refractivity contribution is -0.120. The van der Waals surface area contributed by atoms with Crippen LogP contribution in [0.1, 0.15) is 64.2 Å². The summed E-state index contributed by atoms with van der Waals surface area (Å²) in [6.45, 7) is 0. The van der Waals surface area contributed by atoms with Crippen LogP contribution in [0.4, 0.5) is 28.3 Å². The van der Waals surface area contributed by atoms with Crippen LogP contribution < -0.4 is 36.9 Å². The Kier molecular flexibility index (Phi) is 10.3. The van der Waals surface area contributed by atoms with Crippen molar-refractivity contribution >= 4 is 59.7 Å². The molecule has 42 heavy (non-hydrogen) atoms. The van der Waals surface area contributed by atoms with Crippen molar-refractivity contribution in [1.82, 2.24) is 31.0 Å². The van der Waals surface area contributed by atoms with Gasteiger partial charge in [0.15, 0.2) is 0 Å². The first-order chi connectivity index (χ1) is 20.4. The molecule has 2 saturated carbocycles. The lowest BCUT2D eigenvalue weighted by atomic mass is 10.0. The van der Waals surface area contributed by atoms with Gasteiger partial charge in [0.2, 0.25) is 23.8 Å². The van der Waals surface area contributed by atoms with Crippen molar-refractivity contribution in [2.75, 3.05) is 28.9 Å². The van der Waals surface area contributed by atoms with Crippen LogP contribution in [-0.2, 0) is 4.79 Å². The molecule has 6 N–H and O–H groups in total. The van der Waals surface area contributed by atoms with Crippen molar-refractivity contribution < 1.29 is 14.3 Å². The van der Waals surface area contributed by atoms with Crippen molar-refractivity contribution in [3.8, 4) is 5.75 Å². The van der Waals surface area contributed by atoms with E-state index >= 15 is 0 Å². The molecule has 1 aromatic heterocycles. The minimum absolute atomic E-state index is 0.0618. The van der Waals surface area contributed by atoms with E-state index in [9.17, 15) is 9.59 Å². The molecule has 0 radical (unpaired) electrons. The molecular formula is C28H40ClN9O3S. The number of hydrogen-bond donors (Lipinski definition) is 7. The normalized spacial score (nSPS) is 23.7. The van der Waals surface area contributed by atoms with Gasteiger partial charge in [-0.25, -0.2) is 4.79 Å². The summed E-state index contributed by atoms with van der Waals surface area (Å²) in [5.74, 6) is 2.96. The molecular weight excluding hydrogens is 578 g/mol. The summed E-state index contributed by atoms with van der Waals surface area (Å²) in [6, 6.07) is 5.66. The third kappa shape index (κ3) is 8.21. The number of thiol groups is 1. The van der Waals surface area contributed by atoms with Gasteiger partial charge in [-0.05, 0) is 62.1 Å². The predicted octanol–water partition coefficient (Wildman–Crippen LogP) is 4.64. The highest BCUT2D eigenvalue weighted by Crippen LogP contribution is 2.46. The SMILES string of the molecule is COc1ccc(Nc2nc(NNC(=O)CCCC3CC3C3NC(=O)NC3CS)nc(NC3CCCCCC3)n2)cc1Cl. The number of nitrogens with zero attached hydrogens (tertiary/aromatic N) is 3. The van der Waals surface area contributed by atoms with Crippen LogP contribution in [0.5, 0.6) is 5.75 Å². The Morgan fingerprint density at radius 2 is 1.86 bits per heavy atom. The number of benzene rings is 1. The second-order valence-corrected chi connectivity index (χ2v) is 12.0. The maximum atomic E-state index is 12.6. The number of hydrogen-bond acceptors (Lipinski definition) is 10. The van der Waals surface area contributed by atoms with E-state index in [4.69, 9.17) is 16.3 Å². The van der Waals surface area contributed by atoms with E-state index in [0.29, 0.717) is 52.4 Å². The number of carbonyl (C=O) groups is 2. The Morgan fingerprint density at radius 1 is 1.10 bits per heavy atom. The Morgan fingerprint density at radius 3 is 2.60 bits per heavy atom. The second kappa shape index (κ2) is 14.3. The summed E-state index contributed by atoms with van der Waals surface area (Å²) in [7, 11) is 1.56. The molecule has 4 atom stereocenters. The third-order valence-corrected chi connectivity index (χ3v) is 8.90. The van der Waals surface area contributed by atoms with Gasteiger partial charge in [0.05, 0.1) is 24.2 Å². The lowest BCUT2D eigenvalue weighted by Gasteiger charge is -2.18. The first-order valence-electron chi connectivity index (χ1n) is 14.8. The van der Waals surface area contributed by atoms with Gasteiger partial charge >= 0.3 is 6.03 Å². The Labute approximate surface area is 256 Å². The van der Waals surface area contributed by atoms with Gasteiger partial charge in [-0.2, -0.15) is 27.6 Å².